The molecular weight excluding hydrogens is 354 g/mol. The summed E-state index contributed by atoms with van der Waals surface area (Å²) in [5, 5.41) is 8.74. The van der Waals surface area contributed by atoms with E-state index in [1.54, 1.807) is 24.3 Å². The number of carbonyl (C=O) groups excluding carboxylic acids is 2. The number of benzene rings is 2. The van der Waals surface area contributed by atoms with Crippen LogP contribution in [0.15, 0.2) is 48.5 Å². The van der Waals surface area contributed by atoms with Gasteiger partial charge in [-0.25, -0.2) is 0 Å². The van der Waals surface area contributed by atoms with Crippen molar-refractivity contribution in [2.24, 2.45) is 0 Å². The van der Waals surface area contributed by atoms with Gasteiger partial charge in [0.1, 0.15) is 5.75 Å². The number of anilines is 2. The van der Waals surface area contributed by atoms with Gasteiger partial charge < -0.3 is 20.7 Å². The first-order valence-corrected chi connectivity index (χ1v) is 9.70. The highest BCUT2D eigenvalue weighted by molar-refractivity contribution is 5.95. The molecule has 0 aliphatic heterocycles. The van der Waals surface area contributed by atoms with Gasteiger partial charge in [-0.2, -0.15) is 0 Å². The maximum atomic E-state index is 12.2. The highest BCUT2D eigenvalue weighted by Crippen LogP contribution is 2.19. The highest BCUT2D eigenvalue weighted by atomic mass is 16.5. The zero-order valence-corrected chi connectivity index (χ0v) is 16.7. The van der Waals surface area contributed by atoms with Crippen molar-refractivity contribution >= 4 is 23.2 Å². The molecule has 2 aromatic carbocycles. The van der Waals surface area contributed by atoms with E-state index in [-0.39, 0.29) is 24.5 Å². The summed E-state index contributed by atoms with van der Waals surface area (Å²) in [4.78, 5) is 24.1. The van der Waals surface area contributed by atoms with Gasteiger partial charge >= 0.3 is 0 Å². The van der Waals surface area contributed by atoms with Gasteiger partial charge in [-0.05, 0) is 56.2 Å². The Hall–Kier alpha value is -3.02. The standard InChI is InChI=1S/C22H29N3O3/c1-4-13-23-22(27)17-9-11-18(12-10-17)24-15-21(26)25-19-7-6-8-20(14-19)28-16(3)5-2/h6-12,14,16,24H,4-5,13,15H2,1-3H3,(H,23,27)(H,25,26). The first kappa shape index (κ1) is 21.3. The molecule has 28 heavy (non-hydrogen) atoms. The Morgan fingerprint density at radius 2 is 1.79 bits per heavy atom. The lowest BCUT2D eigenvalue weighted by atomic mass is 10.2. The van der Waals surface area contributed by atoms with Crippen LogP contribution in [-0.4, -0.2) is 31.0 Å². The third kappa shape index (κ3) is 6.95. The zero-order valence-electron chi connectivity index (χ0n) is 16.7. The van der Waals surface area contributed by atoms with Gasteiger partial charge in [-0.1, -0.05) is 19.9 Å². The van der Waals surface area contributed by atoms with E-state index in [1.807, 2.05) is 38.1 Å². The highest BCUT2D eigenvalue weighted by Gasteiger charge is 2.07. The molecule has 0 radical (unpaired) electrons. The van der Waals surface area contributed by atoms with Crippen molar-refractivity contribution in [2.45, 2.75) is 39.7 Å². The van der Waals surface area contributed by atoms with Gasteiger partial charge in [0, 0.05) is 29.5 Å². The van der Waals surface area contributed by atoms with Gasteiger partial charge in [0.15, 0.2) is 0 Å². The second-order valence-electron chi connectivity index (χ2n) is 6.60. The minimum absolute atomic E-state index is 0.0920. The summed E-state index contributed by atoms with van der Waals surface area (Å²) in [6, 6.07) is 14.4. The molecular formula is C22H29N3O3. The maximum Gasteiger partial charge on any atom is 0.251 e. The number of rotatable bonds is 10. The van der Waals surface area contributed by atoms with Crippen molar-refractivity contribution in [3.05, 3.63) is 54.1 Å². The van der Waals surface area contributed by atoms with Crippen molar-refractivity contribution in [2.75, 3.05) is 23.7 Å². The molecule has 0 saturated carbocycles. The summed E-state index contributed by atoms with van der Waals surface area (Å²) < 4.78 is 5.77. The molecule has 0 aliphatic rings. The molecule has 2 rings (SSSR count). The molecule has 0 saturated heterocycles. The van der Waals surface area contributed by atoms with E-state index in [9.17, 15) is 9.59 Å². The Labute approximate surface area is 166 Å². The molecule has 0 fully saturated rings. The van der Waals surface area contributed by atoms with Crippen molar-refractivity contribution in [1.82, 2.24) is 5.32 Å². The summed E-state index contributed by atoms with van der Waals surface area (Å²) >= 11 is 0. The summed E-state index contributed by atoms with van der Waals surface area (Å²) in [5.41, 5.74) is 2.06. The molecule has 2 aromatic rings. The van der Waals surface area contributed by atoms with Crippen LogP contribution in [0.2, 0.25) is 0 Å². The van der Waals surface area contributed by atoms with Gasteiger partial charge in [-0.3, -0.25) is 9.59 Å². The fourth-order valence-corrected chi connectivity index (χ4v) is 2.43. The molecule has 0 aliphatic carbocycles. The minimum Gasteiger partial charge on any atom is -0.491 e. The van der Waals surface area contributed by atoms with Crippen LogP contribution >= 0.6 is 0 Å². The second kappa shape index (κ2) is 11.0. The van der Waals surface area contributed by atoms with Crippen LogP contribution in [-0.2, 0) is 4.79 Å². The fraction of sp³-hybridized carbons (Fsp3) is 0.364. The molecule has 2 amide bonds. The number of hydrogen-bond acceptors (Lipinski definition) is 4. The van der Waals surface area contributed by atoms with Gasteiger partial charge in [0.25, 0.3) is 5.91 Å². The molecule has 6 heteroatoms. The molecule has 3 N–H and O–H groups in total. The summed E-state index contributed by atoms with van der Waals surface area (Å²) in [5.74, 6) is 0.480. The Morgan fingerprint density at radius 3 is 2.46 bits per heavy atom. The van der Waals surface area contributed by atoms with E-state index in [2.05, 4.69) is 22.9 Å². The van der Waals surface area contributed by atoms with Gasteiger partial charge in [0.2, 0.25) is 5.91 Å². The first-order chi connectivity index (χ1) is 13.5. The normalized spacial score (nSPS) is 11.4. The van der Waals surface area contributed by atoms with Gasteiger partial charge in [-0.15, -0.1) is 0 Å². The van der Waals surface area contributed by atoms with Crippen LogP contribution in [0.3, 0.4) is 0 Å². The molecule has 0 spiro atoms. The molecule has 0 bridgehead atoms. The average Bonchev–Trinajstić information content (AvgIpc) is 2.71. The van der Waals surface area contributed by atoms with Crippen molar-refractivity contribution in [1.29, 1.82) is 0 Å². The number of carbonyl (C=O) groups is 2. The summed E-state index contributed by atoms with van der Waals surface area (Å²) in [6.45, 7) is 6.85. The zero-order chi connectivity index (χ0) is 20.4. The first-order valence-electron chi connectivity index (χ1n) is 9.70. The molecule has 1 atom stereocenters. The van der Waals surface area contributed by atoms with Crippen molar-refractivity contribution in [3.8, 4) is 5.75 Å². The van der Waals surface area contributed by atoms with E-state index >= 15 is 0 Å². The summed E-state index contributed by atoms with van der Waals surface area (Å²) in [6.07, 6.45) is 1.94. The van der Waals surface area contributed by atoms with Crippen LogP contribution in [0.1, 0.15) is 44.0 Å². The number of nitrogens with one attached hydrogen (secondary N) is 3. The Bertz CT molecular complexity index is 775. The molecule has 0 heterocycles. The smallest absolute Gasteiger partial charge is 0.251 e. The number of hydrogen-bond donors (Lipinski definition) is 3. The van der Waals surface area contributed by atoms with Crippen LogP contribution in [0.25, 0.3) is 0 Å². The predicted octanol–water partition coefficient (Wildman–Crippen LogP) is 4.05. The monoisotopic (exact) mass is 383 g/mol. The van der Waals surface area contributed by atoms with Crippen molar-refractivity contribution < 1.29 is 14.3 Å². The third-order valence-corrected chi connectivity index (χ3v) is 4.17. The number of ether oxygens (including phenoxy) is 1. The Kier molecular flexibility index (Phi) is 8.34. The fourth-order valence-electron chi connectivity index (χ4n) is 2.43. The quantitative estimate of drug-likeness (QED) is 0.578. The van der Waals surface area contributed by atoms with Crippen LogP contribution in [0, 0.1) is 0 Å². The Morgan fingerprint density at radius 1 is 1.04 bits per heavy atom. The molecule has 0 aromatic heterocycles. The molecule has 150 valence electrons. The van der Waals surface area contributed by atoms with E-state index in [0.717, 1.165) is 24.3 Å². The molecule has 6 nitrogen and oxygen atoms in total. The van der Waals surface area contributed by atoms with Crippen LogP contribution < -0.4 is 20.7 Å². The van der Waals surface area contributed by atoms with E-state index in [4.69, 9.17) is 4.74 Å². The van der Waals surface area contributed by atoms with Crippen LogP contribution in [0.4, 0.5) is 11.4 Å². The molecule has 1 unspecified atom stereocenters. The summed E-state index contributed by atoms with van der Waals surface area (Å²) in [7, 11) is 0. The lowest BCUT2D eigenvalue weighted by Gasteiger charge is -2.14. The second-order valence-corrected chi connectivity index (χ2v) is 6.60. The minimum atomic E-state index is -0.162. The maximum absolute atomic E-state index is 12.2. The largest absolute Gasteiger partial charge is 0.491 e. The lowest BCUT2D eigenvalue weighted by Crippen LogP contribution is -2.24. The van der Waals surface area contributed by atoms with Crippen LogP contribution in [0.5, 0.6) is 5.75 Å². The van der Waals surface area contributed by atoms with Crippen molar-refractivity contribution in [3.63, 3.8) is 0 Å². The number of amides is 2. The van der Waals surface area contributed by atoms with E-state index in [0.29, 0.717) is 17.8 Å². The topological polar surface area (TPSA) is 79.5 Å². The van der Waals surface area contributed by atoms with Gasteiger partial charge in [0.05, 0.1) is 12.6 Å². The third-order valence-electron chi connectivity index (χ3n) is 4.17. The van der Waals surface area contributed by atoms with E-state index < -0.39 is 0 Å². The Balaban J connectivity index is 1.84. The SMILES string of the molecule is CCCNC(=O)c1ccc(NCC(=O)Nc2cccc(OC(C)CC)c2)cc1. The lowest BCUT2D eigenvalue weighted by molar-refractivity contribution is -0.114. The predicted molar refractivity (Wildman–Crippen MR) is 113 cm³/mol. The average molecular weight is 383 g/mol. The van der Waals surface area contributed by atoms with E-state index in [1.165, 1.54) is 0 Å².